The summed E-state index contributed by atoms with van der Waals surface area (Å²) in [6, 6.07) is 1.95. The van der Waals surface area contributed by atoms with E-state index in [0.717, 1.165) is 37.6 Å². The lowest BCUT2D eigenvalue weighted by molar-refractivity contribution is -0.0578. The maximum atomic E-state index is 5.66. The van der Waals surface area contributed by atoms with Crippen molar-refractivity contribution in [3.05, 3.63) is 23.7 Å². The molecule has 0 aliphatic carbocycles. The van der Waals surface area contributed by atoms with E-state index in [1.54, 1.807) is 6.26 Å². The van der Waals surface area contributed by atoms with Crippen molar-refractivity contribution in [1.29, 1.82) is 0 Å². The third kappa shape index (κ3) is 2.29. The molecular weight excluding hydrogens is 204 g/mol. The van der Waals surface area contributed by atoms with Gasteiger partial charge >= 0.3 is 0 Å². The first kappa shape index (κ1) is 11.6. The van der Waals surface area contributed by atoms with E-state index in [1.165, 1.54) is 0 Å². The molecule has 1 aromatic heterocycles. The fraction of sp³-hybridized carbons (Fsp3) is 0.667. The lowest BCUT2D eigenvalue weighted by atomic mass is 10.0. The summed E-state index contributed by atoms with van der Waals surface area (Å²) in [6.45, 7) is 8.24. The van der Waals surface area contributed by atoms with Gasteiger partial charge in [0.1, 0.15) is 5.76 Å². The summed E-state index contributed by atoms with van der Waals surface area (Å²) in [5, 5.41) is 0. The topological polar surface area (TPSA) is 51.6 Å². The predicted molar refractivity (Wildman–Crippen MR) is 61.9 cm³/mol. The van der Waals surface area contributed by atoms with Crippen molar-refractivity contribution in [2.75, 3.05) is 19.8 Å². The van der Waals surface area contributed by atoms with Gasteiger partial charge in [0.15, 0.2) is 0 Å². The van der Waals surface area contributed by atoms with Gasteiger partial charge in [-0.1, -0.05) is 0 Å². The van der Waals surface area contributed by atoms with E-state index in [4.69, 9.17) is 14.9 Å². The molecule has 0 radical (unpaired) electrons. The molecule has 0 unspecified atom stereocenters. The lowest BCUT2D eigenvalue weighted by Gasteiger charge is -2.41. The molecule has 1 saturated heterocycles. The molecule has 2 heterocycles. The first-order valence-corrected chi connectivity index (χ1v) is 5.71. The van der Waals surface area contributed by atoms with Gasteiger partial charge in [-0.3, -0.25) is 4.90 Å². The average molecular weight is 224 g/mol. The molecule has 0 aromatic carbocycles. The number of hydrogen-bond acceptors (Lipinski definition) is 4. The minimum Gasteiger partial charge on any atom is -0.468 e. The Morgan fingerprint density at radius 2 is 2.31 bits per heavy atom. The van der Waals surface area contributed by atoms with Crippen LogP contribution in [-0.2, 0) is 17.8 Å². The SMILES string of the molecule is CC1(C)COCCN1Cc1occc1CN. The van der Waals surface area contributed by atoms with E-state index in [-0.39, 0.29) is 5.54 Å². The second-order valence-electron chi connectivity index (χ2n) is 4.86. The van der Waals surface area contributed by atoms with Gasteiger partial charge in [-0.2, -0.15) is 0 Å². The highest BCUT2D eigenvalue weighted by atomic mass is 16.5. The molecule has 4 heteroatoms. The molecule has 1 aliphatic heterocycles. The van der Waals surface area contributed by atoms with Gasteiger partial charge in [0.25, 0.3) is 0 Å². The summed E-state index contributed by atoms with van der Waals surface area (Å²) in [4.78, 5) is 2.38. The molecule has 90 valence electrons. The van der Waals surface area contributed by atoms with Crippen molar-refractivity contribution in [1.82, 2.24) is 4.90 Å². The fourth-order valence-corrected chi connectivity index (χ4v) is 2.04. The molecule has 0 atom stereocenters. The van der Waals surface area contributed by atoms with E-state index in [1.807, 2.05) is 6.07 Å². The summed E-state index contributed by atoms with van der Waals surface area (Å²) in [5.74, 6) is 0.984. The van der Waals surface area contributed by atoms with Gasteiger partial charge in [-0.25, -0.2) is 0 Å². The molecule has 0 saturated carbocycles. The summed E-state index contributed by atoms with van der Waals surface area (Å²) in [6.07, 6.45) is 1.71. The first-order valence-electron chi connectivity index (χ1n) is 5.71. The number of furan rings is 1. The Kier molecular flexibility index (Phi) is 3.33. The molecule has 4 nitrogen and oxygen atoms in total. The smallest absolute Gasteiger partial charge is 0.122 e. The zero-order valence-electron chi connectivity index (χ0n) is 10.0. The third-order valence-electron chi connectivity index (χ3n) is 3.21. The Balaban J connectivity index is 2.08. The second-order valence-corrected chi connectivity index (χ2v) is 4.86. The second kappa shape index (κ2) is 4.57. The Hall–Kier alpha value is -0.840. The van der Waals surface area contributed by atoms with Crippen molar-refractivity contribution in [3.8, 4) is 0 Å². The highest BCUT2D eigenvalue weighted by Crippen LogP contribution is 2.23. The Morgan fingerprint density at radius 3 is 3.00 bits per heavy atom. The summed E-state index contributed by atoms with van der Waals surface area (Å²) in [7, 11) is 0. The van der Waals surface area contributed by atoms with Gasteiger partial charge in [-0.05, 0) is 19.9 Å². The molecule has 1 aromatic rings. The predicted octanol–water partition coefficient (Wildman–Crippen LogP) is 1.35. The Labute approximate surface area is 96.4 Å². The Bertz CT molecular complexity index is 347. The highest BCUT2D eigenvalue weighted by molar-refractivity contribution is 5.16. The van der Waals surface area contributed by atoms with Crippen molar-refractivity contribution in [2.45, 2.75) is 32.5 Å². The standard InChI is InChI=1S/C12H20N2O2/c1-12(2)9-15-6-4-14(12)8-11-10(7-13)3-5-16-11/h3,5H,4,6-9,13H2,1-2H3. The van der Waals surface area contributed by atoms with Crippen LogP contribution in [0, 0.1) is 0 Å². The number of nitrogens with two attached hydrogens (primary N) is 1. The minimum absolute atomic E-state index is 0.0664. The van der Waals surface area contributed by atoms with Crippen LogP contribution >= 0.6 is 0 Å². The molecule has 1 fully saturated rings. The van der Waals surface area contributed by atoms with Crippen molar-refractivity contribution < 1.29 is 9.15 Å². The number of rotatable bonds is 3. The zero-order chi connectivity index (χ0) is 11.6. The zero-order valence-corrected chi connectivity index (χ0v) is 10.0. The highest BCUT2D eigenvalue weighted by Gasteiger charge is 2.31. The lowest BCUT2D eigenvalue weighted by Crippen LogP contribution is -2.52. The van der Waals surface area contributed by atoms with Crippen LogP contribution in [0.3, 0.4) is 0 Å². The van der Waals surface area contributed by atoms with Crippen molar-refractivity contribution >= 4 is 0 Å². The minimum atomic E-state index is 0.0664. The van der Waals surface area contributed by atoms with E-state index < -0.39 is 0 Å². The maximum absolute atomic E-state index is 5.66. The fourth-order valence-electron chi connectivity index (χ4n) is 2.04. The van der Waals surface area contributed by atoms with Gasteiger partial charge < -0.3 is 14.9 Å². The van der Waals surface area contributed by atoms with Gasteiger partial charge in [0.2, 0.25) is 0 Å². The van der Waals surface area contributed by atoms with Crippen LogP contribution in [0.4, 0.5) is 0 Å². The van der Waals surface area contributed by atoms with Gasteiger partial charge in [0, 0.05) is 24.2 Å². The molecule has 0 bridgehead atoms. The van der Waals surface area contributed by atoms with Crippen molar-refractivity contribution in [3.63, 3.8) is 0 Å². The monoisotopic (exact) mass is 224 g/mol. The van der Waals surface area contributed by atoms with Gasteiger partial charge in [0.05, 0.1) is 26.0 Å². The number of nitrogens with zero attached hydrogens (tertiary/aromatic N) is 1. The Morgan fingerprint density at radius 1 is 1.50 bits per heavy atom. The molecule has 1 aliphatic rings. The number of morpholine rings is 1. The van der Waals surface area contributed by atoms with Crippen molar-refractivity contribution in [2.24, 2.45) is 5.73 Å². The molecule has 0 amide bonds. The van der Waals surface area contributed by atoms with Crippen LogP contribution in [0.15, 0.2) is 16.7 Å². The molecule has 2 N–H and O–H groups in total. The first-order chi connectivity index (χ1) is 7.63. The summed E-state index contributed by atoms with van der Waals surface area (Å²) in [5.41, 5.74) is 6.83. The molecular formula is C12H20N2O2. The number of hydrogen-bond donors (Lipinski definition) is 1. The summed E-state index contributed by atoms with van der Waals surface area (Å²) < 4.78 is 11.0. The van der Waals surface area contributed by atoms with Crippen LogP contribution in [-0.4, -0.2) is 30.2 Å². The molecule has 16 heavy (non-hydrogen) atoms. The largest absolute Gasteiger partial charge is 0.468 e. The van der Waals surface area contributed by atoms with Crippen LogP contribution in [0.25, 0.3) is 0 Å². The molecule has 0 spiro atoms. The third-order valence-corrected chi connectivity index (χ3v) is 3.21. The maximum Gasteiger partial charge on any atom is 0.122 e. The van der Waals surface area contributed by atoms with E-state index in [9.17, 15) is 0 Å². The van der Waals surface area contributed by atoms with Gasteiger partial charge in [-0.15, -0.1) is 0 Å². The van der Waals surface area contributed by atoms with E-state index in [0.29, 0.717) is 6.54 Å². The van der Waals surface area contributed by atoms with E-state index >= 15 is 0 Å². The van der Waals surface area contributed by atoms with Crippen LogP contribution in [0.5, 0.6) is 0 Å². The van der Waals surface area contributed by atoms with Crippen LogP contribution in [0.1, 0.15) is 25.2 Å². The normalized spacial score (nSPS) is 21.2. The van der Waals surface area contributed by atoms with Crippen LogP contribution in [0.2, 0.25) is 0 Å². The summed E-state index contributed by atoms with van der Waals surface area (Å²) >= 11 is 0. The quantitative estimate of drug-likeness (QED) is 0.842. The molecule has 2 rings (SSSR count). The average Bonchev–Trinajstić information content (AvgIpc) is 2.68. The van der Waals surface area contributed by atoms with Crippen LogP contribution < -0.4 is 5.73 Å². The van der Waals surface area contributed by atoms with E-state index in [2.05, 4.69) is 18.7 Å². The number of ether oxygens (including phenoxy) is 1.